The molecule has 6 unspecified atom stereocenters. The van der Waals surface area contributed by atoms with Gasteiger partial charge in [0.15, 0.2) is 6.04 Å². The predicted molar refractivity (Wildman–Crippen MR) is 112 cm³/mol. The molecule has 6 atom stereocenters. The second-order valence-electron chi connectivity index (χ2n) is 7.33. The summed E-state index contributed by atoms with van der Waals surface area (Å²) in [5, 5.41) is 44.3. The largest absolute Gasteiger partial charge is 0.480 e. The van der Waals surface area contributed by atoms with E-state index in [0.717, 1.165) is 12.5 Å². The lowest BCUT2D eigenvalue weighted by Gasteiger charge is -2.26. The highest BCUT2D eigenvalue weighted by molar-refractivity contribution is 5.94. The molecule has 0 aromatic heterocycles. The molecule has 1 aromatic rings. The van der Waals surface area contributed by atoms with Crippen molar-refractivity contribution in [3.05, 3.63) is 35.9 Å². The van der Waals surface area contributed by atoms with Crippen molar-refractivity contribution in [3.63, 3.8) is 0 Å². The van der Waals surface area contributed by atoms with Crippen molar-refractivity contribution in [1.82, 2.24) is 16.0 Å². The van der Waals surface area contributed by atoms with Crippen molar-refractivity contribution >= 4 is 23.7 Å². The zero-order valence-corrected chi connectivity index (χ0v) is 17.8. The molecule has 0 saturated carbocycles. The van der Waals surface area contributed by atoms with Crippen LogP contribution >= 0.6 is 0 Å². The Morgan fingerprint density at radius 1 is 0.875 bits per heavy atom. The number of aliphatic hydroxyl groups excluding tert-OH is 3. The van der Waals surface area contributed by atoms with Crippen molar-refractivity contribution in [2.45, 2.75) is 56.6 Å². The molecule has 0 bridgehead atoms. The Kier molecular flexibility index (Phi) is 10.7. The van der Waals surface area contributed by atoms with Gasteiger partial charge in [-0.25, -0.2) is 4.79 Å². The molecule has 178 valence electrons. The van der Waals surface area contributed by atoms with Gasteiger partial charge in [0.05, 0.1) is 24.9 Å². The van der Waals surface area contributed by atoms with Crippen LogP contribution in [0.4, 0.5) is 0 Å². The van der Waals surface area contributed by atoms with Gasteiger partial charge in [0.1, 0.15) is 12.1 Å². The molecule has 0 spiro atoms. The first-order valence-electron chi connectivity index (χ1n) is 9.88. The smallest absolute Gasteiger partial charge is 0.328 e. The van der Waals surface area contributed by atoms with Gasteiger partial charge < -0.3 is 42.1 Å². The standard InChI is InChI=1S/C20H30N4O8/c1-10(26)15(23-17(28)13(21)8-12-6-4-3-5-7-12)19(30)22-14(9-25)18(29)24-16(11(2)27)20(31)32/h3-7,10-11,13-16,25-27H,8-9,21H2,1-2H3,(H,22,30)(H,23,28)(H,24,29)(H,31,32). The van der Waals surface area contributed by atoms with Crippen LogP contribution in [-0.4, -0.2) is 87.1 Å². The van der Waals surface area contributed by atoms with Crippen LogP contribution in [0.15, 0.2) is 30.3 Å². The maximum absolute atomic E-state index is 12.5. The second kappa shape index (κ2) is 12.7. The first-order chi connectivity index (χ1) is 15.0. The van der Waals surface area contributed by atoms with Crippen molar-refractivity contribution < 1.29 is 39.6 Å². The van der Waals surface area contributed by atoms with Crippen molar-refractivity contribution in [2.75, 3.05) is 6.61 Å². The van der Waals surface area contributed by atoms with Crippen LogP contribution in [0.1, 0.15) is 19.4 Å². The van der Waals surface area contributed by atoms with E-state index in [1.165, 1.54) is 6.92 Å². The zero-order valence-electron chi connectivity index (χ0n) is 17.8. The molecule has 12 nitrogen and oxygen atoms in total. The summed E-state index contributed by atoms with van der Waals surface area (Å²) in [6.07, 6.45) is -2.64. The van der Waals surface area contributed by atoms with Crippen molar-refractivity contribution in [1.29, 1.82) is 0 Å². The Morgan fingerprint density at radius 2 is 1.41 bits per heavy atom. The van der Waals surface area contributed by atoms with Crippen molar-refractivity contribution in [2.24, 2.45) is 5.73 Å². The highest BCUT2D eigenvalue weighted by Crippen LogP contribution is 2.03. The van der Waals surface area contributed by atoms with Crippen LogP contribution in [-0.2, 0) is 25.6 Å². The van der Waals surface area contributed by atoms with Crippen LogP contribution in [0, 0.1) is 0 Å². The molecule has 9 N–H and O–H groups in total. The normalized spacial score (nSPS) is 16.6. The van der Waals surface area contributed by atoms with E-state index in [1.807, 2.05) is 5.32 Å². The van der Waals surface area contributed by atoms with Gasteiger partial charge in [0, 0.05) is 0 Å². The number of benzene rings is 1. The number of carboxylic acids is 1. The van der Waals surface area contributed by atoms with Gasteiger partial charge in [-0.3, -0.25) is 14.4 Å². The Bertz CT molecular complexity index is 787. The first-order valence-corrected chi connectivity index (χ1v) is 9.88. The quantitative estimate of drug-likeness (QED) is 0.160. The molecule has 0 heterocycles. The van der Waals surface area contributed by atoms with E-state index in [2.05, 4.69) is 10.6 Å². The fourth-order valence-electron chi connectivity index (χ4n) is 2.72. The Labute approximate surface area is 184 Å². The number of aliphatic carboxylic acids is 1. The highest BCUT2D eigenvalue weighted by Gasteiger charge is 2.33. The summed E-state index contributed by atoms with van der Waals surface area (Å²) in [6, 6.07) is 3.11. The molecule has 32 heavy (non-hydrogen) atoms. The maximum atomic E-state index is 12.5. The topological polar surface area (TPSA) is 211 Å². The highest BCUT2D eigenvalue weighted by atomic mass is 16.4. The molecule has 0 aliphatic heterocycles. The fourth-order valence-corrected chi connectivity index (χ4v) is 2.72. The third-order valence-corrected chi connectivity index (χ3v) is 4.56. The van der Waals surface area contributed by atoms with E-state index in [9.17, 15) is 34.5 Å². The van der Waals surface area contributed by atoms with Gasteiger partial charge in [0.25, 0.3) is 0 Å². The molecule has 1 rings (SSSR count). The Hall–Kier alpha value is -3.06. The molecule has 0 aliphatic rings. The van der Waals surface area contributed by atoms with Gasteiger partial charge in [-0.05, 0) is 25.8 Å². The van der Waals surface area contributed by atoms with Crippen LogP contribution in [0.3, 0.4) is 0 Å². The monoisotopic (exact) mass is 454 g/mol. The van der Waals surface area contributed by atoms with Gasteiger partial charge in [0.2, 0.25) is 17.7 Å². The van der Waals surface area contributed by atoms with E-state index in [1.54, 1.807) is 30.3 Å². The van der Waals surface area contributed by atoms with Crippen LogP contribution < -0.4 is 21.7 Å². The number of carbonyl (C=O) groups excluding carboxylic acids is 3. The third kappa shape index (κ3) is 8.23. The minimum absolute atomic E-state index is 0.179. The van der Waals surface area contributed by atoms with Gasteiger partial charge >= 0.3 is 5.97 Å². The van der Waals surface area contributed by atoms with Crippen molar-refractivity contribution in [3.8, 4) is 0 Å². The maximum Gasteiger partial charge on any atom is 0.328 e. The first kappa shape index (κ1) is 27.0. The minimum Gasteiger partial charge on any atom is -0.480 e. The van der Waals surface area contributed by atoms with Crippen LogP contribution in [0.5, 0.6) is 0 Å². The fraction of sp³-hybridized carbons (Fsp3) is 0.500. The number of rotatable bonds is 12. The number of hydrogen-bond donors (Lipinski definition) is 8. The number of hydrogen-bond acceptors (Lipinski definition) is 8. The lowest BCUT2D eigenvalue weighted by atomic mass is 10.0. The minimum atomic E-state index is -1.67. The summed E-state index contributed by atoms with van der Waals surface area (Å²) >= 11 is 0. The number of carbonyl (C=O) groups is 4. The molecular formula is C20H30N4O8. The number of nitrogens with two attached hydrogens (primary N) is 1. The van der Waals surface area contributed by atoms with Crippen LogP contribution in [0.2, 0.25) is 0 Å². The molecule has 12 heteroatoms. The lowest BCUT2D eigenvalue weighted by Crippen LogP contribution is -2.61. The number of carboxylic acid groups (broad SMARTS) is 1. The van der Waals surface area contributed by atoms with E-state index in [0.29, 0.717) is 0 Å². The number of amides is 3. The summed E-state index contributed by atoms with van der Waals surface area (Å²) in [6.45, 7) is 1.47. The summed E-state index contributed by atoms with van der Waals surface area (Å²) in [5.41, 5.74) is 6.66. The van der Waals surface area contributed by atoms with E-state index in [-0.39, 0.29) is 6.42 Å². The molecule has 0 fully saturated rings. The zero-order chi connectivity index (χ0) is 24.4. The average Bonchev–Trinajstić information content (AvgIpc) is 2.73. The number of nitrogens with one attached hydrogen (secondary N) is 3. The Morgan fingerprint density at radius 3 is 1.88 bits per heavy atom. The molecule has 0 saturated heterocycles. The number of aliphatic hydroxyl groups is 3. The molecule has 0 radical (unpaired) electrons. The molecule has 3 amide bonds. The predicted octanol–water partition coefficient (Wildman–Crippen LogP) is -3.15. The average molecular weight is 454 g/mol. The van der Waals surface area contributed by atoms with Gasteiger partial charge in [-0.1, -0.05) is 30.3 Å². The molecular weight excluding hydrogens is 424 g/mol. The van der Waals surface area contributed by atoms with E-state index in [4.69, 9.17) is 10.8 Å². The molecule has 1 aromatic carbocycles. The van der Waals surface area contributed by atoms with Gasteiger partial charge in [-0.2, -0.15) is 0 Å². The summed E-state index contributed by atoms with van der Waals surface area (Å²) < 4.78 is 0. The summed E-state index contributed by atoms with van der Waals surface area (Å²) in [7, 11) is 0. The molecule has 0 aliphatic carbocycles. The third-order valence-electron chi connectivity index (χ3n) is 4.56. The van der Waals surface area contributed by atoms with Gasteiger partial charge in [-0.15, -0.1) is 0 Å². The summed E-state index contributed by atoms with van der Waals surface area (Å²) in [5.74, 6) is -4.32. The SMILES string of the molecule is CC(O)C(NC(=O)C(CO)NC(=O)C(NC(=O)C(N)Cc1ccccc1)C(C)O)C(=O)O. The Balaban J connectivity index is 2.80. The lowest BCUT2D eigenvalue weighted by molar-refractivity contribution is -0.145. The van der Waals surface area contributed by atoms with E-state index < -0.39 is 66.7 Å². The van der Waals surface area contributed by atoms with E-state index >= 15 is 0 Å². The second-order valence-corrected chi connectivity index (χ2v) is 7.33. The van der Waals surface area contributed by atoms with Crippen LogP contribution in [0.25, 0.3) is 0 Å². The summed E-state index contributed by atoms with van der Waals surface area (Å²) in [4.78, 5) is 48.3.